The number of carbonyl (C=O) groups excluding carboxylic acids is 2. The predicted molar refractivity (Wildman–Crippen MR) is 178 cm³/mol. The van der Waals surface area contributed by atoms with Crippen molar-refractivity contribution in [3.05, 3.63) is 131 Å². The molecule has 236 valence electrons. The Bertz CT molecular complexity index is 1660. The zero-order chi connectivity index (χ0) is 32.4. The minimum Gasteiger partial charge on any atom is -0.489 e. The van der Waals surface area contributed by atoms with Crippen molar-refractivity contribution >= 4 is 27.5 Å². The van der Waals surface area contributed by atoms with Crippen molar-refractivity contribution in [2.75, 3.05) is 17.1 Å². The Morgan fingerprint density at radius 1 is 0.800 bits per heavy atom. The zero-order valence-electron chi connectivity index (χ0n) is 26.2. The van der Waals surface area contributed by atoms with E-state index in [4.69, 9.17) is 4.74 Å². The molecule has 0 spiro atoms. The molecule has 0 heterocycles. The van der Waals surface area contributed by atoms with Crippen LogP contribution in [-0.2, 0) is 39.2 Å². The number of nitrogens with one attached hydrogen (secondary N) is 1. The molecule has 9 heteroatoms. The van der Waals surface area contributed by atoms with Gasteiger partial charge in [0.1, 0.15) is 24.9 Å². The summed E-state index contributed by atoms with van der Waals surface area (Å²) in [7, 11) is -3.87. The molecular weight excluding hydrogens is 586 g/mol. The summed E-state index contributed by atoms with van der Waals surface area (Å²) in [5, 5.41) is 2.96. The predicted octanol–water partition coefficient (Wildman–Crippen LogP) is 5.50. The molecule has 0 aliphatic heterocycles. The summed E-state index contributed by atoms with van der Waals surface area (Å²) in [6.07, 6.45) is 1.33. The molecule has 4 rings (SSSR count). The number of hydrogen-bond acceptors (Lipinski definition) is 5. The lowest BCUT2D eigenvalue weighted by Gasteiger charge is -2.34. The van der Waals surface area contributed by atoms with E-state index in [9.17, 15) is 18.0 Å². The molecule has 1 atom stereocenters. The number of anilines is 1. The molecule has 0 bridgehead atoms. The van der Waals surface area contributed by atoms with Gasteiger partial charge in [-0.25, -0.2) is 8.42 Å². The van der Waals surface area contributed by atoms with Crippen LogP contribution >= 0.6 is 0 Å². The van der Waals surface area contributed by atoms with E-state index in [0.29, 0.717) is 18.0 Å². The van der Waals surface area contributed by atoms with E-state index < -0.39 is 28.5 Å². The fraction of sp³-hybridized carbons (Fsp3) is 0.278. The Morgan fingerprint density at radius 3 is 1.98 bits per heavy atom. The van der Waals surface area contributed by atoms with Crippen LogP contribution in [0, 0.1) is 6.92 Å². The van der Waals surface area contributed by atoms with Crippen molar-refractivity contribution < 1.29 is 22.7 Å². The Kier molecular flexibility index (Phi) is 11.4. The van der Waals surface area contributed by atoms with Gasteiger partial charge in [0.15, 0.2) is 0 Å². The second-order valence-corrected chi connectivity index (χ2v) is 13.3. The largest absolute Gasteiger partial charge is 0.489 e. The van der Waals surface area contributed by atoms with Gasteiger partial charge in [-0.3, -0.25) is 13.9 Å². The molecule has 2 amide bonds. The van der Waals surface area contributed by atoms with E-state index in [2.05, 4.69) is 5.32 Å². The molecular formula is C36H41N3O5S. The normalized spacial score (nSPS) is 11.9. The van der Waals surface area contributed by atoms with Gasteiger partial charge < -0.3 is 15.0 Å². The van der Waals surface area contributed by atoms with Gasteiger partial charge in [-0.05, 0) is 61.7 Å². The summed E-state index contributed by atoms with van der Waals surface area (Å²) in [6, 6.07) is 32.5. The monoisotopic (exact) mass is 627 g/mol. The number of nitrogens with zero attached hydrogens (tertiary/aromatic N) is 2. The fourth-order valence-corrected chi connectivity index (χ4v) is 5.85. The lowest BCUT2D eigenvalue weighted by Crippen LogP contribution is -2.54. The van der Waals surface area contributed by atoms with Gasteiger partial charge in [-0.2, -0.15) is 0 Å². The summed E-state index contributed by atoms with van der Waals surface area (Å²) in [6.45, 7) is 5.71. The van der Waals surface area contributed by atoms with E-state index in [1.54, 1.807) is 24.3 Å². The van der Waals surface area contributed by atoms with Gasteiger partial charge in [0.25, 0.3) is 0 Å². The third-order valence-electron chi connectivity index (χ3n) is 7.19. The van der Waals surface area contributed by atoms with Crippen LogP contribution in [0.3, 0.4) is 0 Å². The summed E-state index contributed by atoms with van der Waals surface area (Å²) in [5.74, 6) is -0.233. The van der Waals surface area contributed by atoms with Crippen LogP contribution in [0.15, 0.2) is 109 Å². The Balaban J connectivity index is 1.64. The minimum absolute atomic E-state index is 0.132. The number of sulfonamides is 1. The topological polar surface area (TPSA) is 96.0 Å². The average Bonchev–Trinajstić information content (AvgIpc) is 3.01. The Morgan fingerprint density at radius 2 is 1.40 bits per heavy atom. The van der Waals surface area contributed by atoms with E-state index in [1.807, 2.05) is 106 Å². The first-order chi connectivity index (χ1) is 21.5. The lowest BCUT2D eigenvalue weighted by molar-refractivity contribution is -0.140. The highest BCUT2D eigenvalue weighted by Gasteiger charge is 2.33. The first kappa shape index (κ1) is 33.3. The second-order valence-electron chi connectivity index (χ2n) is 11.4. The average molecular weight is 628 g/mol. The van der Waals surface area contributed by atoms with Crippen LogP contribution in [0.1, 0.15) is 36.1 Å². The summed E-state index contributed by atoms with van der Waals surface area (Å²) in [4.78, 5) is 29.4. The molecule has 4 aromatic rings. The molecule has 1 N–H and O–H groups in total. The van der Waals surface area contributed by atoms with Crippen LogP contribution in [0.4, 0.5) is 5.69 Å². The van der Waals surface area contributed by atoms with Gasteiger partial charge in [0.2, 0.25) is 21.8 Å². The molecule has 0 aromatic heterocycles. The van der Waals surface area contributed by atoms with Crippen molar-refractivity contribution in [3.8, 4) is 5.75 Å². The SMILES string of the molecule is Cc1cccc(CN(C(=O)CN(c2ccc(OCc3ccccc3)cc2)S(C)(=O)=O)[C@@H](Cc2ccccc2)C(=O)NC(C)C)c1. The lowest BCUT2D eigenvalue weighted by atomic mass is 10.0. The van der Waals surface area contributed by atoms with E-state index >= 15 is 0 Å². The van der Waals surface area contributed by atoms with E-state index in [-0.39, 0.29) is 24.9 Å². The van der Waals surface area contributed by atoms with Crippen molar-refractivity contribution in [1.82, 2.24) is 10.2 Å². The molecule has 8 nitrogen and oxygen atoms in total. The third-order valence-corrected chi connectivity index (χ3v) is 8.33. The number of carbonyl (C=O) groups is 2. The van der Waals surface area contributed by atoms with Gasteiger partial charge in [-0.15, -0.1) is 0 Å². The number of aryl methyl sites for hydroxylation is 1. The summed E-state index contributed by atoms with van der Waals surface area (Å²) in [5.41, 5.74) is 4.06. The molecule has 0 fully saturated rings. The summed E-state index contributed by atoms with van der Waals surface area (Å²) >= 11 is 0. The maximum absolute atomic E-state index is 14.2. The van der Waals surface area contributed by atoms with Gasteiger partial charge in [-0.1, -0.05) is 90.5 Å². The van der Waals surface area contributed by atoms with Crippen LogP contribution in [0.25, 0.3) is 0 Å². The van der Waals surface area contributed by atoms with Crippen molar-refractivity contribution in [1.29, 1.82) is 0 Å². The molecule has 4 aromatic carbocycles. The van der Waals surface area contributed by atoms with Crippen LogP contribution in [-0.4, -0.2) is 50.0 Å². The number of ether oxygens (including phenoxy) is 1. The molecule has 0 aliphatic carbocycles. The third kappa shape index (κ3) is 9.94. The zero-order valence-corrected chi connectivity index (χ0v) is 27.0. The molecule has 0 saturated heterocycles. The van der Waals surface area contributed by atoms with Crippen molar-refractivity contribution in [2.24, 2.45) is 0 Å². The first-order valence-corrected chi connectivity index (χ1v) is 16.8. The highest BCUT2D eigenvalue weighted by Crippen LogP contribution is 2.24. The van der Waals surface area contributed by atoms with Gasteiger partial charge in [0, 0.05) is 19.0 Å². The molecule has 0 aliphatic rings. The maximum Gasteiger partial charge on any atom is 0.244 e. The van der Waals surface area contributed by atoms with E-state index in [1.165, 1.54) is 4.90 Å². The van der Waals surface area contributed by atoms with Crippen LogP contribution in [0.5, 0.6) is 5.75 Å². The number of rotatable bonds is 14. The Hall–Kier alpha value is -4.63. The van der Waals surface area contributed by atoms with Crippen LogP contribution in [0.2, 0.25) is 0 Å². The molecule has 0 saturated carbocycles. The quantitative estimate of drug-likeness (QED) is 0.199. The van der Waals surface area contributed by atoms with Crippen molar-refractivity contribution in [2.45, 2.75) is 52.4 Å². The fourth-order valence-electron chi connectivity index (χ4n) is 5.01. The Labute approximate surface area is 266 Å². The number of benzene rings is 4. The van der Waals surface area contributed by atoms with E-state index in [0.717, 1.165) is 32.8 Å². The second kappa shape index (κ2) is 15.4. The minimum atomic E-state index is -3.87. The first-order valence-electron chi connectivity index (χ1n) is 14.9. The number of amides is 2. The maximum atomic E-state index is 14.2. The van der Waals surface area contributed by atoms with Crippen molar-refractivity contribution in [3.63, 3.8) is 0 Å². The summed E-state index contributed by atoms with van der Waals surface area (Å²) < 4.78 is 33.1. The highest BCUT2D eigenvalue weighted by atomic mass is 32.2. The smallest absolute Gasteiger partial charge is 0.244 e. The molecule has 45 heavy (non-hydrogen) atoms. The number of hydrogen-bond donors (Lipinski definition) is 1. The van der Waals surface area contributed by atoms with Gasteiger partial charge in [0.05, 0.1) is 11.9 Å². The van der Waals surface area contributed by atoms with Crippen LogP contribution < -0.4 is 14.4 Å². The van der Waals surface area contributed by atoms with Gasteiger partial charge >= 0.3 is 0 Å². The highest BCUT2D eigenvalue weighted by molar-refractivity contribution is 7.92. The molecule has 0 unspecified atom stereocenters. The standard InChI is InChI=1S/C36H41N3O5S/c1-27(2)37-36(41)34(23-29-13-7-5-8-14-29)38(24-31-17-11-12-28(3)22-31)35(40)25-39(45(4,42)43)32-18-20-33(21-19-32)44-26-30-15-9-6-10-16-30/h5-22,27,34H,23-26H2,1-4H3,(H,37,41)/t34-/m0/s1. The molecule has 0 radical (unpaired) electrons.